The van der Waals surface area contributed by atoms with E-state index in [1.54, 1.807) is 0 Å². The van der Waals surface area contributed by atoms with Crippen LogP contribution in [-0.2, 0) is 6.42 Å². The van der Waals surface area contributed by atoms with Gasteiger partial charge in [-0.3, -0.25) is 0 Å². The molecular formula is C16H27NO. The third-order valence-electron chi connectivity index (χ3n) is 2.78. The molecule has 0 heterocycles. The highest BCUT2D eigenvalue weighted by Gasteiger charge is 2.09. The number of nitrogens with one attached hydrogen (secondary N) is 1. The summed E-state index contributed by atoms with van der Waals surface area (Å²) < 4.78 is 5.85. The predicted octanol–water partition coefficient (Wildman–Crippen LogP) is 3.65. The lowest BCUT2D eigenvalue weighted by molar-refractivity contribution is 0.239. The Kier molecular flexibility index (Phi) is 6.20. The first-order chi connectivity index (χ1) is 8.49. The Hall–Kier alpha value is -1.02. The average Bonchev–Trinajstić information content (AvgIpc) is 2.28. The molecule has 0 radical (unpaired) electrons. The van der Waals surface area contributed by atoms with Crippen molar-refractivity contribution < 1.29 is 4.74 Å². The van der Waals surface area contributed by atoms with Gasteiger partial charge in [0.05, 0.1) is 6.10 Å². The molecule has 0 fully saturated rings. The van der Waals surface area contributed by atoms with Crippen molar-refractivity contribution in [2.45, 2.75) is 53.2 Å². The summed E-state index contributed by atoms with van der Waals surface area (Å²) >= 11 is 0. The maximum Gasteiger partial charge on any atom is 0.122 e. The van der Waals surface area contributed by atoms with Gasteiger partial charge in [0.25, 0.3) is 0 Å². The van der Waals surface area contributed by atoms with Crippen molar-refractivity contribution in [2.24, 2.45) is 5.92 Å². The van der Waals surface area contributed by atoms with Crippen LogP contribution in [0.1, 0.15) is 40.2 Å². The van der Waals surface area contributed by atoms with Crippen LogP contribution in [0.4, 0.5) is 0 Å². The number of rotatable bonds is 7. The van der Waals surface area contributed by atoms with Gasteiger partial charge < -0.3 is 10.1 Å². The summed E-state index contributed by atoms with van der Waals surface area (Å²) in [6.45, 7) is 11.8. The maximum absolute atomic E-state index is 5.85. The van der Waals surface area contributed by atoms with E-state index >= 15 is 0 Å². The fourth-order valence-electron chi connectivity index (χ4n) is 1.93. The molecule has 2 heteroatoms. The van der Waals surface area contributed by atoms with Gasteiger partial charge in [-0.05, 0) is 44.4 Å². The summed E-state index contributed by atoms with van der Waals surface area (Å²) in [6.07, 6.45) is 1.29. The van der Waals surface area contributed by atoms with Crippen LogP contribution in [-0.4, -0.2) is 18.7 Å². The van der Waals surface area contributed by atoms with Crippen molar-refractivity contribution in [1.29, 1.82) is 0 Å². The quantitative estimate of drug-likeness (QED) is 0.796. The highest BCUT2D eigenvalue weighted by molar-refractivity contribution is 5.33. The van der Waals surface area contributed by atoms with Crippen LogP contribution in [0.3, 0.4) is 0 Å². The molecule has 2 nitrogen and oxygen atoms in total. The normalized spacial score (nSPS) is 13.1. The Morgan fingerprint density at radius 1 is 1.06 bits per heavy atom. The van der Waals surface area contributed by atoms with Gasteiger partial charge in [0.2, 0.25) is 0 Å². The zero-order valence-corrected chi connectivity index (χ0v) is 12.4. The lowest BCUT2D eigenvalue weighted by Gasteiger charge is -2.18. The minimum atomic E-state index is 0.232. The van der Waals surface area contributed by atoms with E-state index in [1.807, 2.05) is 6.07 Å². The molecular weight excluding hydrogens is 222 g/mol. The molecule has 1 aromatic carbocycles. The Bertz CT molecular complexity index is 347. The van der Waals surface area contributed by atoms with E-state index in [0.29, 0.717) is 12.0 Å². The fraction of sp³-hybridized carbons (Fsp3) is 0.625. The van der Waals surface area contributed by atoms with Gasteiger partial charge in [-0.1, -0.05) is 39.0 Å². The van der Waals surface area contributed by atoms with E-state index < -0.39 is 0 Å². The van der Waals surface area contributed by atoms with Crippen LogP contribution in [0.2, 0.25) is 0 Å². The van der Waals surface area contributed by atoms with Gasteiger partial charge in [-0.2, -0.15) is 0 Å². The second-order valence-electron chi connectivity index (χ2n) is 5.65. The molecule has 1 rings (SSSR count). The molecule has 102 valence electrons. The zero-order chi connectivity index (χ0) is 13.5. The molecule has 1 unspecified atom stereocenters. The predicted molar refractivity (Wildman–Crippen MR) is 78.2 cm³/mol. The summed E-state index contributed by atoms with van der Waals surface area (Å²) in [5.74, 6) is 1.65. The fourth-order valence-corrected chi connectivity index (χ4v) is 1.93. The Morgan fingerprint density at radius 3 is 2.33 bits per heavy atom. The molecule has 0 aliphatic rings. The van der Waals surface area contributed by atoms with Gasteiger partial charge in [0.15, 0.2) is 0 Å². The first-order valence-corrected chi connectivity index (χ1v) is 6.97. The number of para-hydroxylation sites is 1. The van der Waals surface area contributed by atoms with Crippen molar-refractivity contribution in [2.75, 3.05) is 6.54 Å². The smallest absolute Gasteiger partial charge is 0.122 e. The number of hydrogen-bond donors (Lipinski definition) is 1. The largest absolute Gasteiger partial charge is 0.491 e. The summed E-state index contributed by atoms with van der Waals surface area (Å²) in [7, 11) is 0. The highest BCUT2D eigenvalue weighted by atomic mass is 16.5. The van der Waals surface area contributed by atoms with E-state index in [4.69, 9.17) is 4.74 Å². The van der Waals surface area contributed by atoms with E-state index in [0.717, 1.165) is 18.7 Å². The lowest BCUT2D eigenvalue weighted by Crippen LogP contribution is -2.28. The molecule has 0 saturated carbocycles. The Labute approximate surface area is 112 Å². The van der Waals surface area contributed by atoms with Crippen molar-refractivity contribution >= 4 is 0 Å². The van der Waals surface area contributed by atoms with Crippen LogP contribution < -0.4 is 10.1 Å². The van der Waals surface area contributed by atoms with Gasteiger partial charge in [-0.25, -0.2) is 0 Å². The van der Waals surface area contributed by atoms with Crippen LogP contribution in [0.15, 0.2) is 24.3 Å². The Balaban J connectivity index is 2.60. The van der Waals surface area contributed by atoms with Crippen molar-refractivity contribution in [3.63, 3.8) is 0 Å². The summed E-state index contributed by atoms with van der Waals surface area (Å²) in [4.78, 5) is 0. The lowest BCUT2D eigenvalue weighted by atomic mass is 10.00. The van der Waals surface area contributed by atoms with Gasteiger partial charge >= 0.3 is 0 Å². The standard InChI is InChI=1S/C16H27NO/c1-12(2)17-11-14(5)10-15-8-6-7-9-16(15)18-13(3)4/h6-9,12-14,17H,10-11H2,1-5H3. The second kappa shape index (κ2) is 7.42. The van der Waals surface area contributed by atoms with Crippen LogP contribution in [0.5, 0.6) is 5.75 Å². The molecule has 1 aromatic rings. The third-order valence-corrected chi connectivity index (χ3v) is 2.78. The molecule has 1 N–H and O–H groups in total. The molecule has 0 aliphatic heterocycles. The van der Waals surface area contributed by atoms with Crippen molar-refractivity contribution in [3.8, 4) is 5.75 Å². The summed E-state index contributed by atoms with van der Waals surface area (Å²) in [5, 5.41) is 3.48. The summed E-state index contributed by atoms with van der Waals surface area (Å²) in [6, 6.07) is 8.92. The molecule has 0 spiro atoms. The Morgan fingerprint density at radius 2 is 1.72 bits per heavy atom. The first-order valence-electron chi connectivity index (χ1n) is 6.97. The van der Waals surface area contributed by atoms with E-state index in [1.165, 1.54) is 5.56 Å². The monoisotopic (exact) mass is 249 g/mol. The third kappa shape index (κ3) is 5.54. The molecule has 0 bridgehead atoms. The average molecular weight is 249 g/mol. The summed E-state index contributed by atoms with van der Waals surface area (Å²) in [5.41, 5.74) is 1.31. The van der Waals surface area contributed by atoms with Crippen LogP contribution in [0.25, 0.3) is 0 Å². The zero-order valence-electron chi connectivity index (χ0n) is 12.4. The maximum atomic E-state index is 5.85. The van der Waals surface area contributed by atoms with E-state index in [9.17, 15) is 0 Å². The number of benzene rings is 1. The minimum absolute atomic E-state index is 0.232. The number of hydrogen-bond acceptors (Lipinski definition) is 2. The molecule has 0 saturated heterocycles. The SMILES string of the molecule is CC(CNC(C)C)Cc1ccccc1OC(C)C. The van der Waals surface area contributed by atoms with Gasteiger partial charge in [-0.15, -0.1) is 0 Å². The molecule has 0 aromatic heterocycles. The van der Waals surface area contributed by atoms with Crippen molar-refractivity contribution in [3.05, 3.63) is 29.8 Å². The number of ether oxygens (including phenoxy) is 1. The highest BCUT2D eigenvalue weighted by Crippen LogP contribution is 2.22. The molecule has 0 aliphatic carbocycles. The van der Waals surface area contributed by atoms with Crippen LogP contribution >= 0.6 is 0 Å². The first kappa shape index (κ1) is 15.0. The molecule has 1 atom stereocenters. The van der Waals surface area contributed by atoms with E-state index in [-0.39, 0.29) is 6.10 Å². The topological polar surface area (TPSA) is 21.3 Å². The molecule has 18 heavy (non-hydrogen) atoms. The van der Waals surface area contributed by atoms with E-state index in [2.05, 4.69) is 58.1 Å². The minimum Gasteiger partial charge on any atom is -0.491 e. The second-order valence-corrected chi connectivity index (χ2v) is 5.65. The van der Waals surface area contributed by atoms with Gasteiger partial charge in [0.1, 0.15) is 5.75 Å². The molecule has 0 amide bonds. The van der Waals surface area contributed by atoms with Crippen LogP contribution in [0, 0.1) is 5.92 Å². The van der Waals surface area contributed by atoms with Crippen molar-refractivity contribution in [1.82, 2.24) is 5.32 Å². The van der Waals surface area contributed by atoms with Gasteiger partial charge in [0, 0.05) is 6.04 Å².